The normalized spacial score (nSPS) is 12.0. The highest BCUT2D eigenvalue weighted by atomic mass is 19.1. The molecule has 1 atom stereocenters. The largest absolute Gasteiger partial charge is 0.448 e. The van der Waals surface area contributed by atoms with Crippen molar-refractivity contribution in [1.29, 1.82) is 0 Å². The van der Waals surface area contributed by atoms with Crippen molar-refractivity contribution in [2.24, 2.45) is 0 Å². The highest BCUT2D eigenvalue weighted by Gasteiger charge is 2.20. The number of anilines is 1. The van der Waals surface area contributed by atoms with Crippen LogP contribution in [0.5, 0.6) is 0 Å². The highest BCUT2D eigenvalue weighted by molar-refractivity contribution is 5.98. The molecule has 0 saturated carbocycles. The van der Waals surface area contributed by atoms with E-state index in [1.807, 2.05) is 24.3 Å². The smallest absolute Gasteiger partial charge is 0.355 e. The highest BCUT2D eigenvalue weighted by Crippen LogP contribution is 2.17. The van der Waals surface area contributed by atoms with Gasteiger partial charge in [-0.3, -0.25) is 4.79 Å². The summed E-state index contributed by atoms with van der Waals surface area (Å²) < 4.78 is 18.7. The second-order valence-electron chi connectivity index (χ2n) is 5.77. The molecule has 1 unspecified atom stereocenters. The third-order valence-corrected chi connectivity index (χ3v) is 3.84. The van der Waals surface area contributed by atoms with Gasteiger partial charge in [-0.25, -0.2) is 9.18 Å². The van der Waals surface area contributed by atoms with Gasteiger partial charge in [-0.15, -0.1) is 0 Å². The number of ether oxygens (including phenoxy) is 1. The number of halogens is 1. The minimum absolute atomic E-state index is 0.266. The van der Waals surface area contributed by atoms with Crippen molar-refractivity contribution in [1.82, 2.24) is 4.98 Å². The predicted molar refractivity (Wildman–Crippen MR) is 92.9 cm³/mol. The van der Waals surface area contributed by atoms with Gasteiger partial charge in [0.15, 0.2) is 6.10 Å². The van der Waals surface area contributed by atoms with Crippen LogP contribution in [0.2, 0.25) is 0 Å². The molecular formula is C19H17FN2O3. The predicted octanol–water partition coefficient (Wildman–Crippen LogP) is 3.80. The van der Waals surface area contributed by atoms with Gasteiger partial charge >= 0.3 is 5.97 Å². The summed E-state index contributed by atoms with van der Waals surface area (Å²) in [6.45, 7) is 3.09. The Morgan fingerprint density at radius 3 is 2.64 bits per heavy atom. The van der Waals surface area contributed by atoms with Crippen LogP contribution in [0, 0.1) is 12.7 Å². The van der Waals surface area contributed by atoms with Crippen molar-refractivity contribution in [3.63, 3.8) is 0 Å². The summed E-state index contributed by atoms with van der Waals surface area (Å²) in [4.78, 5) is 27.3. The maximum Gasteiger partial charge on any atom is 0.355 e. The second-order valence-corrected chi connectivity index (χ2v) is 5.77. The number of hydrogen-bond acceptors (Lipinski definition) is 3. The van der Waals surface area contributed by atoms with Gasteiger partial charge in [0.1, 0.15) is 11.5 Å². The number of hydrogen-bond donors (Lipinski definition) is 2. The molecule has 5 nitrogen and oxygen atoms in total. The number of rotatable bonds is 4. The number of H-pyrrole nitrogens is 1. The third kappa shape index (κ3) is 3.68. The van der Waals surface area contributed by atoms with Crippen molar-refractivity contribution < 1.29 is 18.7 Å². The summed E-state index contributed by atoms with van der Waals surface area (Å²) in [6.07, 6.45) is -1.02. The fourth-order valence-electron chi connectivity index (χ4n) is 2.38. The number of para-hydroxylation sites is 1. The van der Waals surface area contributed by atoms with Crippen LogP contribution in [0.4, 0.5) is 10.1 Å². The number of nitrogens with one attached hydrogen (secondary N) is 2. The van der Waals surface area contributed by atoms with E-state index in [1.54, 1.807) is 25.1 Å². The third-order valence-electron chi connectivity index (χ3n) is 3.84. The first kappa shape index (κ1) is 16.7. The van der Waals surface area contributed by atoms with E-state index >= 15 is 0 Å². The molecule has 0 aliphatic carbocycles. The second kappa shape index (κ2) is 6.76. The number of aryl methyl sites for hydroxylation is 1. The number of fused-ring (bicyclic) bond motifs is 1. The van der Waals surface area contributed by atoms with Crippen molar-refractivity contribution in [2.45, 2.75) is 20.0 Å². The molecule has 1 aromatic heterocycles. The Morgan fingerprint density at radius 2 is 1.92 bits per heavy atom. The molecule has 2 aromatic carbocycles. The molecule has 0 aliphatic heterocycles. The first-order valence-corrected chi connectivity index (χ1v) is 7.80. The Morgan fingerprint density at radius 1 is 1.16 bits per heavy atom. The number of aromatic amines is 1. The van der Waals surface area contributed by atoms with Gasteiger partial charge in [0.25, 0.3) is 5.91 Å². The van der Waals surface area contributed by atoms with Crippen LogP contribution in [0.15, 0.2) is 48.5 Å². The molecule has 3 aromatic rings. The van der Waals surface area contributed by atoms with E-state index in [1.165, 1.54) is 13.0 Å². The Balaban J connectivity index is 1.65. The van der Waals surface area contributed by atoms with Crippen LogP contribution in [-0.2, 0) is 9.53 Å². The van der Waals surface area contributed by atoms with Crippen LogP contribution < -0.4 is 5.32 Å². The molecule has 2 N–H and O–H groups in total. The van der Waals surface area contributed by atoms with Crippen molar-refractivity contribution >= 4 is 28.5 Å². The number of carbonyl (C=O) groups is 2. The zero-order chi connectivity index (χ0) is 18.0. The molecule has 0 spiro atoms. The summed E-state index contributed by atoms with van der Waals surface area (Å²) in [6, 6.07) is 13.5. The molecule has 0 fully saturated rings. The monoisotopic (exact) mass is 340 g/mol. The fourth-order valence-corrected chi connectivity index (χ4v) is 2.38. The van der Waals surface area contributed by atoms with E-state index in [2.05, 4.69) is 10.3 Å². The molecule has 128 valence electrons. The van der Waals surface area contributed by atoms with Gasteiger partial charge in [-0.05, 0) is 43.7 Å². The summed E-state index contributed by atoms with van der Waals surface area (Å²) >= 11 is 0. The van der Waals surface area contributed by atoms with Gasteiger partial charge in [-0.2, -0.15) is 0 Å². The minimum atomic E-state index is -1.02. The Hall–Kier alpha value is -3.15. The van der Waals surface area contributed by atoms with Crippen LogP contribution >= 0.6 is 0 Å². The van der Waals surface area contributed by atoms with E-state index in [-0.39, 0.29) is 5.69 Å². The van der Waals surface area contributed by atoms with Crippen molar-refractivity contribution in [3.8, 4) is 0 Å². The standard InChI is InChI=1S/C19H17FN2O3/c1-11-7-8-14(10-15(11)20)21-18(23)12(2)25-19(24)17-9-13-5-3-4-6-16(13)22-17/h3-10,12,22H,1-2H3,(H,21,23). The molecule has 3 rings (SSSR count). The lowest BCUT2D eigenvalue weighted by atomic mass is 10.2. The van der Waals surface area contributed by atoms with E-state index in [9.17, 15) is 14.0 Å². The molecule has 0 bridgehead atoms. The van der Waals surface area contributed by atoms with E-state index in [0.29, 0.717) is 11.3 Å². The first-order valence-electron chi connectivity index (χ1n) is 7.80. The van der Waals surface area contributed by atoms with Crippen molar-refractivity contribution in [2.75, 3.05) is 5.32 Å². The van der Waals surface area contributed by atoms with Crippen LogP contribution in [0.25, 0.3) is 10.9 Å². The number of aromatic nitrogens is 1. The van der Waals surface area contributed by atoms with Crippen LogP contribution in [-0.4, -0.2) is 23.0 Å². The molecular weight excluding hydrogens is 323 g/mol. The van der Waals surface area contributed by atoms with Gasteiger partial charge in [0, 0.05) is 16.6 Å². The zero-order valence-corrected chi connectivity index (χ0v) is 13.8. The van der Waals surface area contributed by atoms with Crippen LogP contribution in [0.1, 0.15) is 23.0 Å². The average Bonchev–Trinajstić information content (AvgIpc) is 3.02. The SMILES string of the molecule is Cc1ccc(NC(=O)C(C)OC(=O)c2cc3ccccc3[nH]2)cc1F. The summed E-state index contributed by atoms with van der Waals surface area (Å²) in [5.74, 6) is -1.58. The topological polar surface area (TPSA) is 71.2 Å². The quantitative estimate of drug-likeness (QED) is 0.710. The van der Waals surface area contributed by atoms with Gasteiger partial charge in [0.05, 0.1) is 0 Å². The average molecular weight is 340 g/mol. The van der Waals surface area contributed by atoms with Gasteiger partial charge in [-0.1, -0.05) is 24.3 Å². The summed E-state index contributed by atoms with van der Waals surface area (Å²) in [5.41, 5.74) is 1.86. The van der Waals surface area contributed by atoms with E-state index in [0.717, 1.165) is 10.9 Å². The van der Waals surface area contributed by atoms with Crippen LogP contribution in [0.3, 0.4) is 0 Å². The van der Waals surface area contributed by atoms with E-state index in [4.69, 9.17) is 4.74 Å². The minimum Gasteiger partial charge on any atom is -0.448 e. The Bertz CT molecular complexity index is 916. The molecule has 0 radical (unpaired) electrons. The number of benzene rings is 2. The fraction of sp³-hybridized carbons (Fsp3) is 0.158. The lowest BCUT2D eigenvalue weighted by Crippen LogP contribution is -2.30. The molecule has 1 amide bonds. The molecule has 1 heterocycles. The van der Waals surface area contributed by atoms with E-state index < -0.39 is 23.8 Å². The van der Waals surface area contributed by atoms with Gasteiger partial charge < -0.3 is 15.0 Å². The molecule has 6 heteroatoms. The maximum absolute atomic E-state index is 13.5. The molecule has 25 heavy (non-hydrogen) atoms. The maximum atomic E-state index is 13.5. The zero-order valence-electron chi connectivity index (χ0n) is 13.8. The number of esters is 1. The number of amides is 1. The van der Waals surface area contributed by atoms with Gasteiger partial charge in [0.2, 0.25) is 0 Å². The lowest BCUT2D eigenvalue weighted by molar-refractivity contribution is -0.123. The Labute approximate surface area is 143 Å². The summed E-state index contributed by atoms with van der Waals surface area (Å²) in [7, 11) is 0. The molecule has 0 aliphatic rings. The first-order chi connectivity index (χ1) is 11.9. The Kier molecular flexibility index (Phi) is 4.52. The number of carbonyl (C=O) groups excluding carboxylic acids is 2. The van der Waals surface area contributed by atoms with Crippen molar-refractivity contribution in [3.05, 3.63) is 65.6 Å². The summed E-state index contributed by atoms with van der Waals surface area (Å²) in [5, 5.41) is 3.40. The lowest BCUT2D eigenvalue weighted by Gasteiger charge is -2.13. The molecule has 0 saturated heterocycles.